The fraction of sp³-hybridized carbons (Fsp3) is 0.438. The Kier molecular flexibility index (Phi) is 4.15. The van der Waals surface area contributed by atoms with Crippen LogP contribution in [0.5, 0.6) is 0 Å². The minimum atomic E-state index is -1.13. The number of aromatic carboxylic acids is 1. The minimum absolute atomic E-state index is 0.0125. The molecular weight excluding hydrogens is 314 g/mol. The highest BCUT2D eigenvalue weighted by Gasteiger charge is 2.34. The number of furan rings is 1. The Balaban J connectivity index is 1.94. The summed E-state index contributed by atoms with van der Waals surface area (Å²) in [6.07, 6.45) is 1.07. The van der Waals surface area contributed by atoms with E-state index in [1.54, 1.807) is 9.58 Å². The van der Waals surface area contributed by atoms with Gasteiger partial charge in [-0.15, -0.1) is 0 Å². The van der Waals surface area contributed by atoms with E-state index in [0.717, 1.165) is 23.2 Å². The maximum Gasteiger partial charge on any atom is 0.338 e. The average molecular weight is 333 g/mol. The lowest BCUT2D eigenvalue weighted by atomic mass is 10.0. The molecule has 0 aliphatic carbocycles. The standard InChI is InChI=1S/C16H19N3O5/c1-9-14(10(2)18(3)17-9)12-8-23-5-4-19(12)15(20)13-6-11(7-24-13)16(21)22/h6-7,12H,4-5,8H2,1-3H3,(H,21,22). The van der Waals surface area contributed by atoms with E-state index >= 15 is 0 Å². The van der Waals surface area contributed by atoms with Crippen molar-refractivity contribution in [2.45, 2.75) is 19.9 Å². The molecule has 1 unspecified atom stereocenters. The lowest BCUT2D eigenvalue weighted by Crippen LogP contribution is -2.43. The van der Waals surface area contributed by atoms with Crippen molar-refractivity contribution >= 4 is 11.9 Å². The molecule has 1 amide bonds. The maximum absolute atomic E-state index is 12.8. The van der Waals surface area contributed by atoms with E-state index in [-0.39, 0.29) is 23.3 Å². The molecule has 1 aliphatic rings. The summed E-state index contributed by atoms with van der Waals surface area (Å²) >= 11 is 0. The molecule has 0 bridgehead atoms. The molecule has 1 fully saturated rings. The third-order valence-electron chi connectivity index (χ3n) is 4.34. The van der Waals surface area contributed by atoms with Gasteiger partial charge >= 0.3 is 5.97 Å². The van der Waals surface area contributed by atoms with Crippen LogP contribution < -0.4 is 0 Å². The first-order valence-corrected chi connectivity index (χ1v) is 7.60. The summed E-state index contributed by atoms with van der Waals surface area (Å²) < 4.78 is 12.5. The zero-order valence-electron chi connectivity index (χ0n) is 13.8. The molecule has 0 spiro atoms. The van der Waals surface area contributed by atoms with Crippen molar-refractivity contribution in [3.05, 3.63) is 40.6 Å². The van der Waals surface area contributed by atoms with Gasteiger partial charge in [0.2, 0.25) is 0 Å². The monoisotopic (exact) mass is 333 g/mol. The molecule has 24 heavy (non-hydrogen) atoms. The topological polar surface area (TPSA) is 97.8 Å². The number of hydrogen-bond donors (Lipinski definition) is 1. The van der Waals surface area contributed by atoms with Crippen LogP contribution in [0.2, 0.25) is 0 Å². The summed E-state index contributed by atoms with van der Waals surface area (Å²) in [6.45, 7) is 5.04. The zero-order chi connectivity index (χ0) is 17.4. The Labute approximate surface area is 138 Å². The first kappa shape index (κ1) is 16.3. The van der Waals surface area contributed by atoms with Crippen LogP contribution in [0.3, 0.4) is 0 Å². The summed E-state index contributed by atoms with van der Waals surface area (Å²) in [6, 6.07) is 0.971. The molecule has 8 heteroatoms. The van der Waals surface area contributed by atoms with Gasteiger partial charge in [-0.05, 0) is 13.8 Å². The Morgan fingerprint density at radius 2 is 2.12 bits per heavy atom. The van der Waals surface area contributed by atoms with Gasteiger partial charge in [0.15, 0.2) is 5.76 Å². The highest BCUT2D eigenvalue weighted by Crippen LogP contribution is 2.30. The number of hydrogen-bond acceptors (Lipinski definition) is 5. The van der Waals surface area contributed by atoms with Gasteiger partial charge in [-0.2, -0.15) is 5.10 Å². The maximum atomic E-state index is 12.8. The highest BCUT2D eigenvalue weighted by atomic mass is 16.5. The summed E-state index contributed by atoms with van der Waals surface area (Å²) in [7, 11) is 1.85. The molecule has 1 atom stereocenters. The summed E-state index contributed by atoms with van der Waals surface area (Å²) in [5.74, 6) is -1.47. The fourth-order valence-corrected chi connectivity index (χ4v) is 3.06. The molecule has 1 aliphatic heterocycles. The molecule has 2 aromatic heterocycles. The quantitative estimate of drug-likeness (QED) is 0.915. The van der Waals surface area contributed by atoms with Gasteiger partial charge in [0.25, 0.3) is 5.91 Å². The van der Waals surface area contributed by atoms with E-state index in [9.17, 15) is 9.59 Å². The smallest absolute Gasteiger partial charge is 0.338 e. The zero-order valence-corrected chi connectivity index (χ0v) is 13.8. The SMILES string of the molecule is Cc1nn(C)c(C)c1C1COCCN1C(=O)c1cc(C(=O)O)co1. The molecule has 0 saturated carbocycles. The van der Waals surface area contributed by atoms with Crippen LogP contribution in [0.25, 0.3) is 0 Å². The second-order valence-corrected chi connectivity index (χ2v) is 5.80. The number of rotatable bonds is 3. The number of aromatic nitrogens is 2. The molecule has 1 N–H and O–H groups in total. The van der Waals surface area contributed by atoms with Crippen LogP contribution >= 0.6 is 0 Å². The van der Waals surface area contributed by atoms with Crippen molar-refractivity contribution in [1.29, 1.82) is 0 Å². The molecule has 8 nitrogen and oxygen atoms in total. The lowest BCUT2D eigenvalue weighted by molar-refractivity contribution is -0.00460. The number of carboxylic acids is 1. The van der Waals surface area contributed by atoms with Crippen LogP contribution in [0.1, 0.15) is 43.9 Å². The number of morpholine rings is 1. The van der Waals surface area contributed by atoms with E-state index in [1.807, 2.05) is 20.9 Å². The van der Waals surface area contributed by atoms with Crippen LogP contribution in [0.15, 0.2) is 16.7 Å². The average Bonchev–Trinajstić information content (AvgIpc) is 3.13. The van der Waals surface area contributed by atoms with Crippen molar-refractivity contribution in [1.82, 2.24) is 14.7 Å². The van der Waals surface area contributed by atoms with Gasteiger partial charge in [-0.1, -0.05) is 0 Å². The van der Waals surface area contributed by atoms with Gasteiger partial charge in [0.05, 0.1) is 30.5 Å². The lowest BCUT2D eigenvalue weighted by Gasteiger charge is -2.35. The van der Waals surface area contributed by atoms with Gasteiger partial charge in [-0.3, -0.25) is 9.48 Å². The molecule has 0 radical (unpaired) electrons. The van der Waals surface area contributed by atoms with E-state index < -0.39 is 5.97 Å². The number of carbonyl (C=O) groups is 2. The number of ether oxygens (including phenoxy) is 1. The van der Waals surface area contributed by atoms with Crippen molar-refractivity contribution < 1.29 is 23.8 Å². The molecule has 0 aromatic carbocycles. The largest absolute Gasteiger partial charge is 0.478 e. The Bertz CT molecular complexity index is 792. The molecule has 2 aromatic rings. The molecule has 1 saturated heterocycles. The van der Waals surface area contributed by atoms with Gasteiger partial charge < -0.3 is 19.2 Å². The summed E-state index contributed by atoms with van der Waals surface area (Å²) in [5.41, 5.74) is 2.72. The predicted molar refractivity (Wildman–Crippen MR) is 82.9 cm³/mol. The van der Waals surface area contributed by atoms with Crippen molar-refractivity contribution in [2.75, 3.05) is 19.8 Å². The van der Waals surface area contributed by atoms with Gasteiger partial charge in [-0.25, -0.2) is 4.79 Å². The number of aryl methyl sites for hydroxylation is 2. The summed E-state index contributed by atoms with van der Waals surface area (Å²) in [4.78, 5) is 25.4. The fourth-order valence-electron chi connectivity index (χ4n) is 3.06. The van der Waals surface area contributed by atoms with Crippen LogP contribution in [0.4, 0.5) is 0 Å². The third-order valence-corrected chi connectivity index (χ3v) is 4.34. The highest BCUT2D eigenvalue weighted by molar-refractivity contribution is 5.95. The number of carboxylic acid groups (broad SMARTS) is 1. The molecule has 3 rings (SSSR count). The number of nitrogens with zero attached hydrogens (tertiary/aromatic N) is 3. The van der Waals surface area contributed by atoms with Crippen LogP contribution in [-0.2, 0) is 11.8 Å². The Morgan fingerprint density at radius 3 is 2.71 bits per heavy atom. The van der Waals surface area contributed by atoms with E-state index in [0.29, 0.717) is 19.8 Å². The van der Waals surface area contributed by atoms with E-state index in [1.165, 1.54) is 6.07 Å². The summed E-state index contributed by atoms with van der Waals surface area (Å²) in [5, 5.41) is 13.4. The van der Waals surface area contributed by atoms with Crippen LogP contribution in [0, 0.1) is 13.8 Å². The minimum Gasteiger partial charge on any atom is -0.478 e. The third kappa shape index (κ3) is 2.69. The first-order chi connectivity index (χ1) is 11.4. The van der Waals surface area contributed by atoms with Gasteiger partial charge in [0.1, 0.15) is 6.26 Å². The predicted octanol–water partition coefficient (Wildman–Crippen LogP) is 1.54. The number of amides is 1. The van der Waals surface area contributed by atoms with Crippen LogP contribution in [-0.4, -0.2) is 51.4 Å². The molecule has 128 valence electrons. The van der Waals surface area contributed by atoms with Crippen molar-refractivity contribution in [3.63, 3.8) is 0 Å². The molecule has 3 heterocycles. The van der Waals surface area contributed by atoms with E-state index in [2.05, 4.69) is 5.10 Å². The second kappa shape index (κ2) is 6.12. The number of carbonyl (C=O) groups excluding carboxylic acids is 1. The first-order valence-electron chi connectivity index (χ1n) is 7.60. The van der Waals surface area contributed by atoms with Gasteiger partial charge in [0, 0.05) is 30.9 Å². The van der Waals surface area contributed by atoms with Crippen molar-refractivity contribution in [3.8, 4) is 0 Å². The normalized spacial score (nSPS) is 18.0. The second-order valence-electron chi connectivity index (χ2n) is 5.80. The Hall–Kier alpha value is -2.61. The van der Waals surface area contributed by atoms with Crippen molar-refractivity contribution in [2.24, 2.45) is 7.05 Å². The molecular formula is C16H19N3O5. The Morgan fingerprint density at radius 1 is 1.38 bits per heavy atom. The van der Waals surface area contributed by atoms with E-state index in [4.69, 9.17) is 14.3 Å².